The summed E-state index contributed by atoms with van der Waals surface area (Å²) in [7, 11) is 0. The molecule has 0 radical (unpaired) electrons. The molecule has 1 spiro atoms. The van der Waals surface area contributed by atoms with E-state index in [4.69, 9.17) is 9.47 Å². The molecule has 4 heterocycles. The SMILES string of the molecule is O=C1OCCC=C[C@H]2O[C@]34C=CCN(Cc5ccccc5)C(=O)C3N(CCO)C(=O)[C@@H]4[C@@H]12. The van der Waals surface area contributed by atoms with E-state index in [-0.39, 0.29) is 31.6 Å². The Morgan fingerprint density at radius 2 is 1.91 bits per heavy atom. The maximum absolute atomic E-state index is 13.8. The predicted molar refractivity (Wildman–Crippen MR) is 113 cm³/mol. The monoisotopic (exact) mass is 438 g/mol. The Hall–Kier alpha value is -2.97. The number of carbonyl (C=O) groups excluding carboxylic acids is 3. The summed E-state index contributed by atoms with van der Waals surface area (Å²) in [4.78, 5) is 43.3. The Labute approximate surface area is 186 Å². The second-order valence-corrected chi connectivity index (χ2v) is 8.59. The average molecular weight is 438 g/mol. The Bertz CT molecular complexity index is 976. The molecule has 4 aliphatic heterocycles. The Morgan fingerprint density at radius 3 is 2.69 bits per heavy atom. The summed E-state index contributed by atoms with van der Waals surface area (Å²) in [6.07, 6.45) is 7.25. The highest BCUT2D eigenvalue weighted by Gasteiger charge is 2.71. The summed E-state index contributed by atoms with van der Waals surface area (Å²) in [6.45, 7) is 0.692. The number of benzene rings is 1. The first-order valence-electron chi connectivity index (χ1n) is 11.0. The molecule has 4 aliphatic rings. The molecule has 1 aromatic carbocycles. The molecule has 168 valence electrons. The van der Waals surface area contributed by atoms with E-state index in [9.17, 15) is 19.5 Å². The number of nitrogens with zero attached hydrogens (tertiary/aromatic N) is 2. The van der Waals surface area contributed by atoms with Gasteiger partial charge in [-0.25, -0.2) is 0 Å². The van der Waals surface area contributed by atoms with Crippen molar-refractivity contribution in [3.8, 4) is 0 Å². The summed E-state index contributed by atoms with van der Waals surface area (Å²) < 4.78 is 11.8. The number of hydrogen-bond donors (Lipinski definition) is 1. The molecule has 8 heteroatoms. The smallest absolute Gasteiger partial charge is 0.312 e. The lowest BCUT2D eigenvalue weighted by Crippen LogP contribution is -2.55. The fourth-order valence-corrected chi connectivity index (χ4v) is 5.45. The lowest BCUT2D eigenvalue weighted by Gasteiger charge is -2.35. The van der Waals surface area contributed by atoms with Crippen molar-refractivity contribution in [1.82, 2.24) is 9.80 Å². The third-order valence-corrected chi connectivity index (χ3v) is 6.76. The number of ether oxygens (including phenoxy) is 2. The van der Waals surface area contributed by atoms with Gasteiger partial charge in [0.25, 0.3) is 0 Å². The number of carbonyl (C=O) groups is 3. The van der Waals surface area contributed by atoms with Gasteiger partial charge in [0.15, 0.2) is 0 Å². The third kappa shape index (κ3) is 3.17. The molecule has 2 saturated heterocycles. The van der Waals surface area contributed by atoms with E-state index in [0.717, 1.165) is 5.56 Å². The number of rotatable bonds is 4. The van der Waals surface area contributed by atoms with Gasteiger partial charge in [-0.2, -0.15) is 0 Å². The van der Waals surface area contributed by atoms with Crippen LogP contribution in [0, 0.1) is 11.8 Å². The van der Waals surface area contributed by atoms with Gasteiger partial charge in [0.2, 0.25) is 11.8 Å². The minimum Gasteiger partial charge on any atom is -0.465 e. The van der Waals surface area contributed by atoms with Gasteiger partial charge in [0.1, 0.15) is 17.6 Å². The van der Waals surface area contributed by atoms with Crippen LogP contribution in [-0.4, -0.2) is 76.7 Å². The Morgan fingerprint density at radius 1 is 1.09 bits per heavy atom. The predicted octanol–water partition coefficient (Wildman–Crippen LogP) is 0.661. The van der Waals surface area contributed by atoms with Crippen LogP contribution in [-0.2, 0) is 30.4 Å². The summed E-state index contributed by atoms with van der Waals surface area (Å²) in [6, 6.07) is 8.68. The first-order chi connectivity index (χ1) is 15.6. The fourth-order valence-electron chi connectivity index (χ4n) is 5.45. The minimum absolute atomic E-state index is 0.00780. The van der Waals surface area contributed by atoms with Gasteiger partial charge < -0.3 is 24.4 Å². The topological polar surface area (TPSA) is 96.4 Å². The van der Waals surface area contributed by atoms with Crippen LogP contribution < -0.4 is 0 Å². The number of likely N-dealkylation sites (tertiary alicyclic amines) is 1. The molecular weight excluding hydrogens is 412 g/mol. The van der Waals surface area contributed by atoms with Crippen LogP contribution in [0.1, 0.15) is 12.0 Å². The molecule has 1 unspecified atom stereocenters. The maximum Gasteiger partial charge on any atom is 0.312 e. The van der Waals surface area contributed by atoms with Crippen molar-refractivity contribution in [3.05, 3.63) is 60.2 Å². The number of cyclic esters (lactones) is 1. The molecule has 2 fully saturated rings. The molecule has 8 nitrogen and oxygen atoms in total. The molecule has 0 saturated carbocycles. The average Bonchev–Trinajstić information content (AvgIpc) is 3.16. The molecule has 2 amide bonds. The van der Waals surface area contributed by atoms with Crippen LogP contribution in [0.4, 0.5) is 0 Å². The zero-order chi connectivity index (χ0) is 22.3. The molecule has 32 heavy (non-hydrogen) atoms. The lowest BCUT2D eigenvalue weighted by atomic mass is 9.77. The van der Waals surface area contributed by atoms with Crippen molar-refractivity contribution in [2.75, 3.05) is 26.3 Å². The van der Waals surface area contributed by atoms with Crippen LogP contribution in [0.15, 0.2) is 54.6 Å². The van der Waals surface area contributed by atoms with Gasteiger partial charge in [-0.1, -0.05) is 54.6 Å². The summed E-state index contributed by atoms with van der Waals surface area (Å²) in [5.41, 5.74) is -0.307. The van der Waals surface area contributed by atoms with E-state index in [1.807, 2.05) is 48.6 Å². The lowest BCUT2D eigenvalue weighted by molar-refractivity contribution is -0.155. The number of amides is 2. The van der Waals surface area contributed by atoms with Gasteiger partial charge >= 0.3 is 5.97 Å². The Balaban J connectivity index is 1.56. The highest BCUT2D eigenvalue weighted by atomic mass is 16.6. The van der Waals surface area contributed by atoms with Crippen LogP contribution in [0.5, 0.6) is 0 Å². The van der Waals surface area contributed by atoms with Crippen molar-refractivity contribution in [2.45, 2.75) is 30.7 Å². The number of β-amino-alcohol motifs (C(OH)–C–C–N with tert-alkyl or cyclic N) is 1. The van der Waals surface area contributed by atoms with E-state index in [0.29, 0.717) is 19.5 Å². The molecule has 5 rings (SSSR count). The van der Waals surface area contributed by atoms with E-state index >= 15 is 0 Å². The second-order valence-electron chi connectivity index (χ2n) is 8.59. The Kier molecular flexibility index (Phi) is 5.35. The highest BCUT2D eigenvalue weighted by molar-refractivity contribution is 5.99. The number of fused-ring (bicyclic) bond motifs is 2. The van der Waals surface area contributed by atoms with Gasteiger partial charge in [-0.3, -0.25) is 14.4 Å². The van der Waals surface area contributed by atoms with Crippen LogP contribution >= 0.6 is 0 Å². The first-order valence-corrected chi connectivity index (χ1v) is 11.0. The standard InChI is InChI=1S/C24H26N2O6/c27-13-12-26-20-22(29)25(15-16-7-2-1-3-8-16)11-6-10-24(20)19(21(26)28)18-17(32-24)9-4-5-14-31-23(18)30/h1-4,6-10,17-20,27H,5,11-15H2/t17-,18+,19+,20?,24+/m1/s1. The maximum atomic E-state index is 13.8. The molecule has 1 N–H and O–H groups in total. The molecule has 0 aliphatic carbocycles. The first kappa shape index (κ1) is 20.9. The zero-order valence-electron chi connectivity index (χ0n) is 17.6. The van der Waals surface area contributed by atoms with Crippen molar-refractivity contribution in [2.24, 2.45) is 11.8 Å². The number of esters is 1. The van der Waals surface area contributed by atoms with E-state index < -0.39 is 35.6 Å². The van der Waals surface area contributed by atoms with Gasteiger partial charge in [-0.15, -0.1) is 0 Å². The van der Waals surface area contributed by atoms with Crippen LogP contribution in [0.2, 0.25) is 0 Å². The van der Waals surface area contributed by atoms with Gasteiger partial charge in [-0.05, 0) is 12.0 Å². The van der Waals surface area contributed by atoms with Crippen molar-refractivity contribution >= 4 is 17.8 Å². The zero-order valence-corrected chi connectivity index (χ0v) is 17.6. The number of hydrogen-bond acceptors (Lipinski definition) is 6. The van der Waals surface area contributed by atoms with Gasteiger partial charge in [0, 0.05) is 19.6 Å². The molecule has 1 aromatic rings. The quantitative estimate of drug-likeness (QED) is 0.548. The molecule has 5 atom stereocenters. The fraction of sp³-hybridized carbons (Fsp3) is 0.458. The summed E-state index contributed by atoms with van der Waals surface area (Å²) >= 11 is 0. The van der Waals surface area contributed by atoms with E-state index in [1.54, 1.807) is 11.0 Å². The van der Waals surface area contributed by atoms with E-state index in [2.05, 4.69) is 0 Å². The summed E-state index contributed by atoms with van der Waals surface area (Å²) in [5.74, 6) is -2.80. The minimum atomic E-state index is -1.28. The second kappa shape index (κ2) is 8.18. The van der Waals surface area contributed by atoms with Crippen molar-refractivity contribution in [3.63, 3.8) is 0 Å². The van der Waals surface area contributed by atoms with Crippen molar-refractivity contribution in [1.29, 1.82) is 0 Å². The molecular formula is C24H26N2O6. The largest absolute Gasteiger partial charge is 0.465 e. The normalized spacial score (nSPS) is 33.8. The van der Waals surface area contributed by atoms with Crippen LogP contribution in [0.3, 0.4) is 0 Å². The number of aliphatic hydroxyl groups is 1. The third-order valence-electron chi connectivity index (χ3n) is 6.76. The summed E-state index contributed by atoms with van der Waals surface area (Å²) in [5, 5.41) is 9.64. The van der Waals surface area contributed by atoms with Gasteiger partial charge in [0.05, 0.1) is 25.2 Å². The molecule has 0 bridgehead atoms. The number of aliphatic hydroxyl groups excluding tert-OH is 1. The van der Waals surface area contributed by atoms with E-state index in [1.165, 1.54) is 4.90 Å². The van der Waals surface area contributed by atoms with Crippen molar-refractivity contribution < 1.29 is 29.0 Å². The molecule has 0 aromatic heterocycles. The highest BCUT2D eigenvalue weighted by Crippen LogP contribution is 2.53. The van der Waals surface area contributed by atoms with Crippen LogP contribution in [0.25, 0.3) is 0 Å².